The number of benzene rings is 2. The predicted octanol–water partition coefficient (Wildman–Crippen LogP) is 4.93. The molecule has 0 unspecified atom stereocenters. The fourth-order valence-corrected chi connectivity index (χ4v) is 3.85. The molecule has 0 radical (unpaired) electrons. The minimum Gasteiger partial charge on any atom is -0.339 e. The molecule has 1 heterocycles. The largest absolute Gasteiger partial charge is 0.339 e. The Labute approximate surface area is 183 Å². The molecule has 0 bridgehead atoms. The van der Waals surface area contributed by atoms with Gasteiger partial charge >= 0.3 is 0 Å². The van der Waals surface area contributed by atoms with Crippen molar-refractivity contribution in [3.05, 3.63) is 65.2 Å². The molecule has 0 saturated carbocycles. The molecule has 0 atom stereocenters. The minimum absolute atomic E-state index is 0.0337. The SMILES string of the molecule is CC(=O)/C=C/CN(C)CCCCN1c2cc(Cl)ccc2C(=O)N(C)c2ccccc21. The van der Waals surface area contributed by atoms with Crippen LogP contribution in [0.2, 0.25) is 5.02 Å². The number of anilines is 3. The number of halogens is 1. The molecule has 0 spiro atoms. The highest BCUT2D eigenvalue weighted by molar-refractivity contribution is 6.31. The molecule has 5 nitrogen and oxygen atoms in total. The summed E-state index contributed by atoms with van der Waals surface area (Å²) in [6.07, 6.45) is 5.47. The number of carbonyl (C=O) groups excluding carboxylic acids is 2. The van der Waals surface area contributed by atoms with Gasteiger partial charge in [-0.3, -0.25) is 9.59 Å². The number of fused-ring (bicyclic) bond motifs is 2. The average Bonchev–Trinajstić information content (AvgIpc) is 2.80. The van der Waals surface area contributed by atoms with Crippen LogP contribution in [0.25, 0.3) is 0 Å². The third kappa shape index (κ3) is 5.10. The summed E-state index contributed by atoms with van der Waals surface area (Å²) in [5, 5.41) is 0.616. The van der Waals surface area contributed by atoms with Crippen LogP contribution in [0.15, 0.2) is 54.6 Å². The van der Waals surface area contributed by atoms with Crippen molar-refractivity contribution in [2.75, 3.05) is 43.5 Å². The van der Waals surface area contributed by atoms with E-state index in [1.807, 2.05) is 49.5 Å². The highest BCUT2D eigenvalue weighted by atomic mass is 35.5. The lowest BCUT2D eigenvalue weighted by Crippen LogP contribution is -2.25. The zero-order valence-electron chi connectivity index (χ0n) is 17.8. The summed E-state index contributed by atoms with van der Waals surface area (Å²) >= 11 is 6.29. The van der Waals surface area contributed by atoms with Gasteiger partial charge in [0.15, 0.2) is 5.78 Å². The first-order valence-corrected chi connectivity index (χ1v) is 10.6. The van der Waals surface area contributed by atoms with Gasteiger partial charge in [0.1, 0.15) is 0 Å². The topological polar surface area (TPSA) is 43.9 Å². The van der Waals surface area contributed by atoms with Crippen molar-refractivity contribution in [1.29, 1.82) is 0 Å². The van der Waals surface area contributed by atoms with Crippen molar-refractivity contribution < 1.29 is 9.59 Å². The molecule has 0 saturated heterocycles. The summed E-state index contributed by atoms with van der Waals surface area (Å²) in [5.74, 6) is 0.0358. The van der Waals surface area contributed by atoms with Gasteiger partial charge in [-0.1, -0.05) is 29.8 Å². The molecule has 1 aliphatic heterocycles. The van der Waals surface area contributed by atoms with Gasteiger partial charge in [0.2, 0.25) is 0 Å². The number of rotatable bonds is 8. The van der Waals surface area contributed by atoms with E-state index in [4.69, 9.17) is 11.6 Å². The number of hydrogen-bond donors (Lipinski definition) is 0. The van der Waals surface area contributed by atoms with Gasteiger partial charge in [-0.05, 0) is 69.8 Å². The Morgan fingerprint density at radius 1 is 1.10 bits per heavy atom. The molecule has 2 aromatic rings. The van der Waals surface area contributed by atoms with Crippen LogP contribution in [-0.2, 0) is 4.79 Å². The standard InChI is InChI=1S/C24H28ClN3O2/c1-18(29)9-8-15-26(2)14-6-7-16-28-22-11-5-4-10-21(22)27(3)24(30)20-13-12-19(25)17-23(20)28/h4-5,8-13,17H,6-7,14-16H2,1-3H3/b9-8+. The molecule has 0 fully saturated rings. The summed E-state index contributed by atoms with van der Waals surface area (Å²) in [4.78, 5) is 30.2. The summed E-state index contributed by atoms with van der Waals surface area (Å²) in [6.45, 7) is 4.02. The first-order valence-electron chi connectivity index (χ1n) is 10.2. The summed E-state index contributed by atoms with van der Waals surface area (Å²) < 4.78 is 0. The highest BCUT2D eigenvalue weighted by Crippen LogP contribution is 2.41. The zero-order chi connectivity index (χ0) is 21.7. The number of nitrogens with zero attached hydrogens (tertiary/aromatic N) is 3. The van der Waals surface area contributed by atoms with Crippen LogP contribution in [-0.4, -0.2) is 50.3 Å². The molecule has 0 N–H and O–H groups in total. The van der Waals surface area contributed by atoms with E-state index in [0.29, 0.717) is 10.6 Å². The van der Waals surface area contributed by atoms with Gasteiger partial charge in [-0.2, -0.15) is 0 Å². The molecule has 0 aromatic heterocycles. The Hall–Kier alpha value is -2.63. The lowest BCUT2D eigenvalue weighted by molar-refractivity contribution is -0.112. The summed E-state index contributed by atoms with van der Waals surface area (Å²) in [5.41, 5.74) is 3.40. The van der Waals surface area contributed by atoms with Gasteiger partial charge in [0.25, 0.3) is 5.91 Å². The van der Waals surface area contributed by atoms with Gasteiger partial charge in [0, 0.05) is 25.2 Å². The second-order valence-corrected chi connectivity index (χ2v) is 8.08. The van der Waals surface area contributed by atoms with Crippen LogP contribution in [0.1, 0.15) is 30.1 Å². The molecule has 6 heteroatoms. The second kappa shape index (κ2) is 9.92. The lowest BCUT2D eigenvalue weighted by atomic mass is 10.1. The Morgan fingerprint density at radius 3 is 2.57 bits per heavy atom. The van der Waals surface area contributed by atoms with E-state index in [1.54, 1.807) is 24.0 Å². The molecule has 158 valence electrons. The monoisotopic (exact) mass is 425 g/mol. The molecule has 1 aliphatic rings. The van der Waals surface area contributed by atoms with E-state index in [-0.39, 0.29) is 11.7 Å². The smallest absolute Gasteiger partial charge is 0.260 e. The van der Waals surface area contributed by atoms with Crippen molar-refractivity contribution in [3.8, 4) is 0 Å². The average molecular weight is 426 g/mol. The predicted molar refractivity (Wildman–Crippen MR) is 124 cm³/mol. The fraction of sp³-hybridized carbons (Fsp3) is 0.333. The van der Waals surface area contributed by atoms with E-state index in [9.17, 15) is 9.59 Å². The van der Waals surface area contributed by atoms with Crippen LogP contribution in [0.5, 0.6) is 0 Å². The van der Waals surface area contributed by atoms with Crippen LogP contribution < -0.4 is 9.80 Å². The molecule has 2 aromatic carbocycles. The van der Waals surface area contributed by atoms with E-state index in [2.05, 4.69) is 16.8 Å². The third-order valence-electron chi connectivity index (χ3n) is 5.26. The van der Waals surface area contributed by atoms with Crippen LogP contribution in [0.3, 0.4) is 0 Å². The van der Waals surface area contributed by atoms with Crippen molar-refractivity contribution in [1.82, 2.24) is 4.90 Å². The van der Waals surface area contributed by atoms with Crippen molar-refractivity contribution in [2.24, 2.45) is 0 Å². The van der Waals surface area contributed by atoms with Crippen LogP contribution in [0.4, 0.5) is 17.1 Å². The Balaban J connectivity index is 1.76. The maximum absolute atomic E-state index is 13.0. The van der Waals surface area contributed by atoms with Crippen molar-refractivity contribution in [2.45, 2.75) is 19.8 Å². The van der Waals surface area contributed by atoms with E-state index >= 15 is 0 Å². The number of amides is 1. The number of hydrogen-bond acceptors (Lipinski definition) is 4. The van der Waals surface area contributed by atoms with Crippen LogP contribution >= 0.6 is 11.6 Å². The van der Waals surface area contributed by atoms with E-state index in [0.717, 1.165) is 49.5 Å². The summed E-state index contributed by atoms with van der Waals surface area (Å²) in [7, 11) is 3.86. The molecule has 0 aliphatic carbocycles. The number of para-hydroxylation sites is 2. The van der Waals surface area contributed by atoms with Gasteiger partial charge in [-0.15, -0.1) is 0 Å². The fourth-order valence-electron chi connectivity index (χ4n) is 3.69. The van der Waals surface area contributed by atoms with E-state index < -0.39 is 0 Å². The van der Waals surface area contributed by atoms with Gasteiger partial charge < -0.3 is 14.7 Å². The van der Waals surface area contributed by atoms with Crippen molar-refractivity contribution in [3.63, 3.8) is 0 Å². The van der Waals surface area contributed by atoms with Crippen molar-refractivity contribution >= 4 is 40.4 Å². The zero-order valence-corrected chi connectivity index (χ0v) is 18.5. The number of carbonyl (C=O) groups is 2. The molecule has 30 heavy (non-hydrogen) atoms. The molecular formula is C24H28ClN3O2. The number of likely N-dealkylation sites (N-methyl/N-ethyl adjacent to an activating group) is 1. The number of ketones is 1. The molecule has 1 amide bonds. The van der Waals surface area contributed by atoms with Crippen LogP contribution in [0, 0.1) is 0 Å². The lowest BCUT2D eigenvalue weighted by Gasteiger charge is -2.27. The Bertz CT molecular complexity index is 957. The molecule has 3 rings (SSSR count). The quantitative estimate of drug-likeness (QED) is 0.444. The van der Waals surface area contributed by atoms with E-state index in [1.165, 1.54) is 0 Å². The first-order chi connectivity index (χ1) is 14.4. The Morgan fingerprint density at radius 2 is 1.83 bits per heavy atom. The maximum Gasteiger partial charge on any atom is 0.260 e. The highest BCUT2D eigenvalue weighted by Gasteiger charge is 2.28. The normalized spacial score (nSPS) is 13.6. The maximum atomic E-state index is 13.0. The Kier molecular flexibility index (Phi) is 7.29. The van der Waals surface area contributed by atoms with Gasteiger partial charge in [-0.25, -0.2) is 0 Å². The second-order valence-electron chi connectivity index (χ2n) is 7.65. The number of unbranched alkanes of at least 4 members (excludes halogenated alkanes) is 1. The summed E-state index contributed by atoms with van der Waals surface area (Å²) in [6, 6.07) is 13.4. The first kappa shape index (κ1) is 22.1. The number of allylic oxidation sites excluding steroid dienone is 1. The molecular weight excluding hydrogens is 398 g/mol. The third-order valence-corrected chi connectivity index (χ3v) is 5.50. The minimum atomic E-state index is -0.0337. The van der Waals surface area contributed by atoms with Gasteiger partial charge in [0.05, 0.1) is 22.6 Å².